The number of hydrogen-bond donors (Lipinski definition) is 1. The fourth-order valence-electron chi connectivity index (χ4n) is 4.34. The number of amides is 1. The van der Waals surface area contributed by atoms with Gasteiger partial charge in [-0.25, -0.2) is 0 Å². The lowest BCUT2D eigenvalue weighted by Gasteiger charge is -2.42. The fourth-order valence-corrected chi connectivity index (χ4v) is 4.34. The number of carbonyl (C=O) groups is 1. The van der Waals surface area contributed by atoms with Crippen molar-refractivity contribution in [3.8, 4) is 0 Å². The van der Waals surface area contributed by atoms with Crippen LogP contribution in [0.4, 0.5) is 0 Å². The third kappa shape index (κ3) is 3.63. The molecule has 2 saturated heterocycles. The summed E-state index contributed by atoms with van der Waals surface area (Å²) in [5, 5.41) is 9.90. The van der Waals surface area contributed by atoms with Crippen LogP contribution < -0.4 is 0 Å². The monoisotopic (exact) mass is 332 g/mol. The standard InChI is InChI=1S/C19H28N2O3/c1-24-14-18(23)21-9-7-19(8-10-21)15-20(12-17(19)13-22)11-16-5-3-2-4-6-16/h2-6,17,22H,7-15H2,1H3. The first-order valence-corrected chi connectivity index (χ1v) is 8.81. The topological polar surface area (TPSA) is 53.0 Å². The lowest BCUT2D eigenvalue weighted by Crippen LogP contribution is -2.47. The second-order valence-electron chi connectivity index (χ2n) is 7.21. The van der Waals surface area contributed by atoms with Crippen LogP contribution in [0.2, 0.25) is 0 Å². The molecule has 5 nitrogen and oxygen atoms in total. The molecule has 2 heterocycles. The highest BCUT2D eigenvalue weighted by Gasteiger charge is 2.47. The van der Waals surface area contributed by atoms with Gasteiger partial charge in [0.2, 0.25) is 5.91 Å². The Labute approximate surface area is 144 Å². The summed E-state index contributed by atoms with van der Waals surface area (Å²) in [6.45, 7) is 4.84. The van der Waals surface area contributed by atoms with Gasteiger partial charge in [-0.1, -0.05) is 30.3 Å². The molecule has 1 unspecified atom stereocenters. The molecule has 24 heavy (non-hydrogen) atoms. The quantitative estimate of drug-likeness (QED) is 0.885. The molecule has 5 heteroatoms. The van der Waals surface area contributed by atoms with E-state index < -0.39 is 0 Å². The van der Waals surface area contributed by atoms with Gasteiger partial charge in [-0.15, -0.1) is 0 Å². The molecule has 2 aliphatic rings. The van der Waals surface area contributed by atoms with E-state index in [4.69, 9.17) is 4.74 Å². The van der Waals surface area contributed by atoms with Gasteiger partial charge >= 0.3 is 0 Å². The van der Waals surface area contributed by atoms with Crippen molar-refractivity contribution >= 4 is 5.91 Å². The Bertz CT molecular complexity index is 541. The van der Waals surface area contributed by atoms with Crippen molar-refractivity contribution in [2.24, 2.45) is 11.3 Å². The Morgan fingerprint density at radius 1 is 1.29 bits per heavy atom. The Kier molecular flexibility index (Phi) is 5.54. The third-order valence-electron chi connectivity index (χ3n) is 5.73. The maximum atomic E-state index is 12.0. The zero-order valence-electron chi connectivity index (χ0n) is 14.5. The summed E-state index contributed by atoms with van der Waals surface area (Å²) in [5.74, 6) is 0.382. The SMILES string of the molecule is COCC(=O)N1CCC2(CC1)CN(Cc1ccccc1)CC2CO. The predicted octanol–water partition coefficient (Wildman–Crippen LogP) is 1.37. The molecule has 2 fully saturated rings. The first-order chi connectivity index (χ1) is 11.7. The number of nitrogens with zero attached hydrogens (tertiary/aromatic N) is 2. The summed E-state index contributed by atoms with van der Waals surface area (Å²) in [4.78, 5) is 16.4. The van der Waals surface area contributed by atoms with E-state index in [0.717, 1.165) is 45.6 Å². The minimum Gasteiger partial charge on any atom is -0.396 e. The summed E-state index contributed by atoms with van der Waals surface area (Å²) < 4.78 is 4.96. The van der Waals surface area contributed by atoms with Gasteiger partial charge in [0, 0.05) is 52.4 Å². The molecule has 3 rings (SSSR count). The summed E-state index contributed by atoms with van der Waals surface area (Å²) in [7, 11) is 1.56. The summed E-state index contributed by atoms with van der Waals surface area (Å²) in [6.07, 6.45) is 1.94. The number of ether oxygens (including phenoxy) is 1. The van der Waals surface area contributed by atoms with Crippen molar-refractivity contribution in [2.45, 2.75) is 19.4 Å². The third-order valence-corrected chi connectivity index (χ3v) is 5.73. The van der Waals surface area contributed by atoms with Crippen molar-refractivity contribution in [3.63, 3.8) is 0 Å². The van der Waals surface area contributed by atoms with E-state index in [-0.39, 0.29) is 24.5 Å². The maximum absolute atomic E-state index is 12.0. The second kappa shape index (κ2) is 7.64. The molecule has 1 amide bonds. The average molecular weight is 332 g/mol. The number of likely N-dealkylation sites (tertiary alicyclic amines) is 2. The van der Waals surface area contributed by atoms with Crippen LogP contribution in [0.15, 0.2) is 30.3 Å². The van der Waals surface area contributed by atoms with E-state index in [0.29, 0.717) is 5.92 Å². The van der Waals surface area contributed by atoms with Gasteiger partial charge in [0.15, 0.2) is 0 Å². The summed E-state index contributed by atoms with van der Waals surface area (Å²) in [5.41, 5.74) is 1.46. The molecular weight excluding hydrogens is 304 g/mol. The predicted molar refractivity (Wildman–Crippen MR) is 92.4 cm³/mol. The number of methoxy groups -OCH3 is 1. The van der Waals surface area contributed by atoms with Crippen molar-refractivity contribution < 1.29 is 14.6 Å². The Hall–Kier alpha value is -1.43. The number of piperidine rings is 1. The van der Waals surface area contributed by atoms with Crippen LogP contribution in [0, 0.1) is 11.3 Å². The fraction of sp³-hybridized carbons (Fsp3) is 0.632. The minimum atomic E-state index is 0.0760. The van der Waals surface area contributed by atoms with Crippen molar-refractivity contribution in [1.82, 2.24) is 9.80 Å². The molecule has 1 spiro atoms. The second-order valence-corrected chi connectivity index (χ2v) is 7.21. The summed E-state index contributed by atoms with van der Waals surface area (Å²) in [6, 6.07) is 10.5. The Morgan fingerprint density at radius 2 is 2.00 bits per heavy atom. The molecule has 0 saturated carbocycles. The van der Waals surface area contributed by atoms with E-state index in [2.05, 4.69) is 29.2 Å². The minimum absolute atomic E-state index is 0.0760. The van der Waals surface area contributed by atoms with Crippen LogP contribution in [0.25, 0.3) is 0 Å². The van der Waals surface area contributed by atoms with Crippen molar-refractivity contribution in [2.75, 3.05) is 46.5 Å². The normalized spacial score (nSPS) is 23.8. The van der Waals surface area contributed by atoms with E-state index in [1.165, 1.54) is 5.56 Å². The zero-order valence-corrected chi connectivity index (χ0v) is 14.5. The van der Waals surface area contributed by atoms with Crippen LogP contribution in [0.1, 0.15) is 18.4 Å². The molecule has 1 N–H and O–H groups in total. The van der Waals surface area contributed by atoms with Crippen LogP contribution in [-0.2, 0) is 16.1 Å². The number of hydrogen-bond acceptors (Lipinski definition) is 4. The molecular formula is C19H28N2O3. The van der Waals surface area contributed by atoms with Crippen molar-refractivity contribution in [1.29, 1.82) is 0 Å². The van der Waals surface area contributed by atoms with Gasteiger partial charge in [-0.3, -0.25) is 9.69 Å². The van der Waals surface area contributed by atoms with Gasteiger partial charge in [0.1, 0.15) is 6.61 Å². The van der Waals surface area contributed by atoms with Crippen LogP contribution in [0.5, 0.6) is 0 Å². The number of rotatable bonds is 5. The highest BCUT2D eigenvalue weighted by Crippen LogP contribution is 2.44. The molecule has 1 aromatic rings. The number of carbonyl (C=O) groups excluding carboxylic acids is 1. The lowest BCUT2D eigenvalue weighted by molar-refractivity contribution is -0.137. The van der Waals surface area contributed by atoms with Crippen molar-refractivity contribution in [3.05, 3.63) is 35.9 Å². The number of benzene rings is 1. The first kappa shape index (κ1) is 17.4. The first-order valence-electron chi connectivity index (χ1n) is 8.81. The van der Waals surface area contributed by atoms with Gasteiger partial charge in [0.05, 0.1) is 0 Å². The van der Waals surface area contributed by atoms with Gasteiger partial charge < -0.3 is 14.7 Å². The molecule has 132 valence electrons. The smallest absolute Gasteiger partial charge is 0.248 e. The molecule has 1 atom stereocenters. The van der Waals surface area contributed by atoms with Gasteiger partial charge in [-0.05, 0) is 23.8 Å². The van der Waals surface area contributed by atoms with E-state index in [1.807, 2.05) is 11.0 Å². The van der Waals surface area contributed by atoms with Gasteiger partial charge in [0.25, 0.3) is 0 Å². The van der Waals surface area contributed by atoms with Crippen LogP contribution in [0.3, 0.4) is 0 Å². The summed E-state index contributed by atoms with van der Waals surface area (Å²) >= 11 is 0. The molecule has 1 aromatic carbocycles. The molecule has 0 aromatic heterocycles. The molecule has 0 aliphatic carbocycles. The molecule has 0 bridgehead atoms. The Morgan fingerprint density at radius 3 is 2.62 bits per heavy atom. The maximum Gasteiger partial charge on any atom is 0.248 e. The lowest BCUT2D eigenvalue weighted by atomic mass is 9.71. The van der Waals surface area contributed by atoms with Gasteiger partial charge in [-0.2, -0.15) is 0 Å². The van der Waals surface area contributed by atoms with Crippen LogP contribution >= 0.6 is 0 Å². The van der Waals surface area contributed by atoms with E-state index in [9.17, 15) is 9.90 Å². The Balaban J connectivity index is 1.62. The molecule has 2 aliphatic heterocycles. The average Bonchev–Trinajstić information content (AvgIpc) is 2.93. The number of aliphatic hydroxyl groups excluding tert-OH is 1. The van der Waals surface area contributed by atoms with E-state index in [1.54, 1.807) is 7.11 Å². The zero-order chi connectivity index (χ0) is 17.0. The highest BCUT2D eigenvalue weighted by molar-refractivity contribution is 5.77. The largest absolute Gasteiger partial charge is 0.396 e. The van der Waals surface area contributed by atoms with E-state index >= 15 is 0 Å². The van der Waals surface area contributed by atoms with Crippen LogP contribution in [-0.4, -0.2) is 67.3 Å². The highest BCUT2D eigenvalue weighted by atomic mass is 16.5. The molecule has 0 radical (unpaired) electrons. The number of aliphatic hydroxyl groups is 1.